The molecule has 1 atom stereocenters. The Labute approximate surface area is 138 Å². The molecule has 0 aliphatic carbocycles. The van der Waals surface area contributed by atoms with E-state index in [9.17, 15) is 4.48 Å². The van der Waals surface area contributed by atoms with Gasteiger partial charge in [0.05, 0.1) is 0 Å². The summed E-state index contributed by atoms with van der Waals surface area (Å²) in [5, 5.41) is 4.22. The molecule has 0 spiro atoms. The molecule has 1 rings (SSSR count). The summed E-state index contributed by atoms with van der Waals surface area (Å²) < 4.78 is 13.3. The molecule has 1 heterocycles. The van der Waals surface area contributed by atoms with E-state index in [0.29, 0.717) is 13.1 Å². The van der Waals surface area contributed by atoms with Crippen LogP contribution in [0.25, 0.3) is 0 Å². The van der Waals surface area contributed by atoms with Crippen LogP contribution >= 0.6 is 12.2 Å². The smallest absolute Gasteiger partial charge is 0.0397 e. The van der Waals surface area contributed by atoms with Crippen LogP contribution in [0.5, 0.6) is 0 Å². The van der Waals surface area contributed by atoms with Crippen molar-refractivity contribution in [2.45, 2.75) is 86.6 Å². The predicted molar refractivity (Wildman–Crippen MR) is 99.9 cm³/mol. The number of hydrogen-bond donors (Lipinski definition) is 1. The van der Waals surface area contributed by atoms with Gasteiger partial charge in [-0.05, 0) is 19.3 Å². The lowest BCUT2D eigenvalue weighted by Crippen LogP contribution is -2.30. The van der Waals surface area contributed by atoms with Gasteiger partial charge in [0.15, 0.2) is 0 Å². The van der Waals surface area contributed by atoms with Crippen LogP contribution in [0, 0.1) is 0 Å². The third kappa shape index (κ3) is 16.1. The summed E-state index contributed by atoms with van der Waals surface area (Å²) in [7, 11) is 0. The molecular formula is C17H39FN2S. The Morgan fingerprint density at radius 2 is 1.67 bits per heavy atom. The number of unbranched alkanes of at least 4 members (excludes halogenated alkanes) is 2. The Kier molecular flexibility index (Phi) is 27.4. The molecule has 130 valence electrons. The normalized spacial score (nSPS) is 16.2. The Morgan fingerprint density at radius 3 is 2.10 bits per heavy atom. The fraction of sp³-hybridized carbons (Fsp3) is 0.941. The molecule has 4 heteroatoms. The van der Waals surface area contributed by atoms with Crippen molar-refractivity contribution < 1.29 is 4.48 Å². The number of thiocarbonyl (C=S) groups is 1. The van der Waals surface area contributed by atoms with Crippen molar-refractivity contribution in [3.63, 3.8) is 0 Å². The summed E-state index contributed by atoms with van der Waals surface area (Å²) in [6, 6.07) is 0.268. The lowest BCUT2D eigenvalue weighted by atomic mass is 10.1. The predicted octanol–water partition coefficient (Wildman–Crippen LogP) is 5.56. The van der Waals surface area contributed by atoms with Crippen molar-refractivity contribution in [3.8, 4) is 0 Å². The van der Waals surface area contributed by atoms with Crippen molar-refractivity contribution in [2.24, 2.45) is 0 Å². The SMILES string of the molecule is CC.CC.CC.CCCCCN(F)CCC1NCCC1=S. The zero-order valence-corrected chi connectivity index (χ0v) is 16.3. The monoisotopic (exact) mass is 322 g/mol. The topological polar surface area (TPSA) is 15.3 Å². The van der Waals surface area contributed by atoms with E-state index in [1.165, 1.54) is 0 Å². The average molecular weight is 323 g/mol. The summed E-state index contributed by atoms with van der Waals surface area (Å²) >= 11 is 5.20. The first kappa shape index (κ1) is 25.9. The first-order valence-corrected chi connectivity index (χ1v) is 9.31. The van der Waals surface area contributed by atoms with Gasteiger partial charge in [0.1, 0.15) is 0 Å². The molecule has 0 aromatic heterocycles. The fourth-order valence-electron chi connectivity index (χ4n) is 1.84. The standard InChI is InChI=1S/C11H21FN2S.3C2H6/c1-2-3-4-8-14(12)9-6-10-11(15)5-7-13-10;3*1-2/h10,13H,2-9H2,1H3;3*1-2H3. The van der Waals surface area contributed by atoms with E-state index in [-0.39, 0.29) is 6.04 Å². The zero-order valence-electron chi connectivity index (χ0n) is 15.5. The van der Waals surface area contributed by atoms with Gasteiger partial charge >= 0.3 is 0 Å². The van der Waals surface area contributed by atoms with Crippen LogP contribution in [0.15, 0.2) is 0 Å². The van der Waals surface area contributed by atoms with Crippen molar-refractivity contribution in [1.29, 1.82) is 0 Å². The van der Waals surface area contributed by atoms with Gasteiger partial charge < -0.3 is 5.32 Å². The molecule has 1 unspecified atom stereocenters. The van der Waals surface area contributed by atoms with Crippen molar-refractivity contribution in [2.75, 3.05) is 19.6 Å². The molecule has 0 amide bonds. The summed E-state index contributed by atoms with van der Waals surface area (Å²) in [6.07, 6.45) is 4.99. The molecule has 2 nitrogen and oxygen atoms in total. The number of rotatable bonds is 7. The van der Waals surface area contributed by atoms with E-state index in [4.69, 9.17) is 12.2 Å². The van der Waals surface area contributed by atoms with Gasteiger partial charge in [-0.1, -0.05) is 73.5 Å². The highest BCUT2D eigenvalue weighted by molar-refractivity contribution is 7.80. The van der Waals surface area contributed by atoms with Crippen LogP contribution in [0.3, 0.4) is 0 Å². The molecule has 1 aliphatic heterocycles. The molecule has 1 fully saturated rings. The highest BCUT2D eigenvalue weighted by Crippen LogP contribution is 2.09. The fourth-order valence-corrected chi connectivity index (χ4v) is 2.14. The van der Waals surface area contributed by atoms with Crippen LogP contribution in [0.4, 0.5) is 4.48 Å². The molecule has 0 aromatic carbocycles. The van der Waals surface area contributed by atoms with Gasteiger partial charge in [-0.3, -0.25) is 0 Å². The second kappa shape index (κ2) is 22.2. The molecule has 1 aliphatic rings. The maximum Gasteiger partial charge on any atom is 0.0397 e. The first-order valence-electron chi connectivity index (χ1n) is 8.91. The Balaban J connectivity index is -0.000000478. The van der Waals surface area contributed by atoms with Crippen LogP contribution in [0.2, 0.25) is 0 Å². The summed E-state index contributed by atoms with van der Waals surface area (Å²) in [4.78, 5) is 1.07. The van der Waals surface area contributed by atoms with Crippen molar-refractivity contribution in [1.82, 2.24) is 10.4 Å². The molecule has 1 N–H and O–H groups in total. The Bertz CT molecular complexity index is 201. The van der Waals surface area contributed by atoms with E-state index in [1.807, 2.05) is 41.5 Å². The zero-order chi connectivity index (χ0) is 17.1. The Hall–Kier alpha value is -0.0600. The van der Waals surface area contributed by atoms with E-state index >= 15 is 0 Å². The lowest BCUT2D eigenvalue weighted by molar-refractivity contribution is 0.0216. The molecule has 0 saturated carbocycles. The van der Waals surface area contributed by atoms with Gasteiger partial charge in [0, 0.05) is 30.5 Å². The van der Waals surface area contributed by atoms with Crippen molar-refractivity contribution in [3.05, 3.63) is 0 Å². The van der Waals surface area contributed by atoms with Crippen LogP contribution in [-0.2, 0) is 0 Å². The highest BCUT2D eigenvalue weighted by atomic mass is 32.1. The molecular weight excluding hydrogens is 283 g/mol. The van der Waals surface area contributed by atoms with Gasteiger partial charge in [0.25, 0.3) is 0 Å². The molecule has 0 aromatic rings. The minimum absolute atomic E-state index is 0.268. The van der Waals surface area contributed by atoms with Crippen LogP contribution < -0.4 is 5.32 Å². The highest BCUT2D eigenvalue weighted by Gasteiger charge is 2.20. The minimum atomic E-state index is 0.268. The van der Waals surface area contributed by atoms with Gasteiger partial charge in [0.2, 0.25) is 0 Å². The minimum Gasteiger partial charge on any atom is -0.309 e. The molecule has 0 bridgehead atoms. The van der Waals surface area contributed by atoms with E-state index in [1.54, 1.807) is 0 Å². The lowest BCUT2D eigenvalue weighted by Gasteiger charge is -2.15. The number of halogens is 1. The van der Waals surface area contributed by atoms with E-state index in [0.717, 1.165) is 48.6 Å². The molecule has 0 radical (unpaired) electrons. The quantitative estimate of drug-likeness (QED) is 0.375. The molecule has 21 heavy (non-hydrogen) atoms. The van der Waals surface area contributed by atoms with Gasteiger partial charge in [-0.15, -0.1) is 9.60 Å². The van der Waals surface area contributed by atoms with Gasteiger partial charge in [-0.25, -0.2) is 0 Å². The third-order valence-electron chi connectivity index (χ3n) is 2.82. The van der Waals surface area contributed by atoms with Crippen LogP contribution in [0.1, 0.15) is 80.6 Å². The second-order valence-electron chi connectivity index (χ2n) is 4.13. The summed E-state index contributed by atoms with van der Waals surface area (Å²) in [5.74, 6) is 0. The average Bonchev–Trinajstić information content (AvgIpc) is 2.97. The maximum atomic E-state index is 13.3. The largest absolute Gasteiger partial charge is 0.309 e. The van der Waals surface area contributed by atoms with Crippen LogP contribution in [-0.4, -0.2) is 35.7 Å². The van der Waals surface area contributed by atoms with E-state index in [2.05, 4.69) is 12.2 Å². The molecule has 1 saturated heterocycles. The summed E-state index contributed by atoms with van der Waals surface area (Å²) in [6.45, 7) is 16.2. The number of nitrogens with one attached hydrogen (secondary N) is 1. The Morgan fingerprint density at radius 1 is 1.10 bits per heavy atom. The number of hydrogen-bond acceptors (Lipinski definition) is 3. The second-order valence-corrected chi connectivity index (χ2v) is 4.65. The maximum absolute atomic E-state index is 13.3. The van der Waals surface area contributed by atoms with E-state index < -0.39 is 0 Å². The first-order chi connectivity index (χ1) is 10.2. The van der Waals surface area contributed by atoms with Crippen molar-refractivity contribution >= 4 is 17.1 Å². The number of nitrogens with zero attached hydrogens (tertiary/aromatic N) is 1. The summed E-state index contributed by atoms with van der Waals surface area (Å²) in [5.41, 5.74) is 0. The van der Waals surface area contributed by atoms with Gasteiger partial charge in [-0.2, -0.15) is 0 Å². The third-order valence-corrected chi connectivity index (χ3v) is 3.30.